The number of hydrogen-bond donors (Lipinski definition) is 3. The van der Waals surface area contributed by atoms with E-state index in [9.17, 15) is 4.79 Å². The zero-order chi connectivity index (χ0) is 16.4. The summed E-state index contributed by atoms with van der Waals surface area (Å²) >= 11 is 0. The van der Waals surface area contributed by atoms with E-state index < -0.39 is 0 Å². The molecule has 5 nitrogen and oxygen atoms in total. The molecule has 0 unspecified atom stereocenters. The van der Waals surface area contributed by atoms with E-state index in [1.807, 2.05) is 25.1 Å². The van der Waals surface area contributed by atoms with Gasteiger partial charge in [0.25, 0.3) is 0 Å². The Labute approximate surface area is 133 Å². The molecule has 0 aromatic heterocycles. The molecule has 0 fully saturated rings. The summed E-state index contributed by atoms with van der Waals surface area (Å²) in [7, 11) is 1.70. The molecule has 0 radical (unpaired) electrons. The lowest BCUT2D eigenvalue weighted by atomic mass is 9.85. The smallest absolute Gasteiger partial charge is 0.239 e. The highest BCUT2D eigenvalue weighted by Crippen LogP contribution is 2.21. The predicted molar refractivity (Wildman–Crippen MR) is 92.1 cm³/mol. The summed E-state index contributed by atoms with van der Waals surface area (Å²) in [6, 6.07) is 10.3. The first kappa shape index (κ1) is 18.0. The van der Waals surface area contributed by atoms with Crippen molar-refractivity contribution in [3.05, 3.63) is 35.9 Å². The average molecular weight is 304 g/mol. The van der Waals surface area contributed by atoms with Crippen molar-refractivity contribution in [1.29, 1.82) is 0 Å². The summed E-state index contributed by atoms with van der Waals surface area (Å²) in [6.07, 6.45) is 0.935. The van der Waals surface area contributed by atoms with Gasteiger partial charge in [0, 0.05) is 25.6 Å². The molecule has 0 aliphatic heterocycles. The van der Waals surface area contributed by atoms with Crippen molar-refractivity contribution >= 4 is 11.9 Å². The quantitative estimate of drug-likeness (QED) is 0.530. The van der Waals surface area contributed by atoms with Gasteiger partial charge in [0.05, 0.1) is 6.54 Å². The van der Waals surface area contributed by atoms with Crippen molar-refractivity contribution in [2.24, 2.45) is 4.99 Å². The minimum absolute atomic E-state index is 0.0212. The third-order valence-corrected chi connectivity index (χ3v) is 3.47. The van der Waals surface area contributed by atoms with Crippen molar-refractivity contribution in [3.8, 4) is 0 Å². The summed E-state index contributed by atoms with van der Waals surface area (Å²) in [5, 5.41) is 9.13. The molecule has 0 saturated heterocycles. The minimum Gasteiger partial charge on any atom is -0.356 e. The Balaban J connectivity index is 2.45. The number of hydrogen-bond acceptors (Lipinski definition) is 2. The molecule has 22 heavy (non-hydrogen) atoms. The van der Waals surface area contributed by atoms with E-state index in [2.05, 4.69) is 46.9 Å². The van der Waals surface area contributed by atoms with Crippen LogP contribution in [0.4, 0.5) is 0 Å². The standard InChI is InChI=1S/C17H28N4O/c1-5-11-19-15(22)12-20-16(18-4)21-13-17(2,3)14-9-7-6-8-10-14/h6-10H,5,11-13H2,1-4H3,(H,19,22)(H2,18,20,21). The monoisotopic (exact) mass is 304 g/mol. The van der Waals surface area contributed by atoms with Gasteiger partial charge in [-0.3, -0.25) is 9.79 Å². The summed E-state index contributed by atoms with van der Waals surface area (Å²) in [5.41, 5.74) is 1.24. The fraction of sp³-hybridized carbons (Fsp3) is 0.529. The molecule has 0 saturated carbocycles. The second kappa shape index (κ2) is 9.07. The van der Waals surface area contributed by atoms with Gasteiger partial charge in [-0.15, -0.1) is 0 Å². The first-order valence-corrected chi connectivity index (χ1v) is 7.76. The van der Waals surface area contributed by atoms with Crippen molar-refractivity contribution in [2.45, 2.75) is 32.6 Å². The number of amides is 1. The largest absolute Gasteiger partial charge is 0.356 e. The van der Waals surface area contributed by atoms with E-state index in [4.69, 9.17) is 0 Å². The molecule has 1 aromatic rings. The molecular weight excluding hydrogens is 276 g/mol. The molecule has 122 valence electrons. The molecule has 0 aliphatic rings. The number of nitrogens with one attached hydrogen (secondary N) is 3. The number of carbonyl (C=O) groups is 1. The molecule has 0 heterocycles. The number of rotatable bonds is 7. The van der Waals surface area contributed by atoms with Gasteiger partial charge in [0.15, 0.2) is 5.96 Å². The van der Waals surface area contributed by atoms with Gasteiger partial charge in [-0.1, -0.05) is 51.1 Å². The molecule has 0 atom stereocenters. The maximum absolute atomic E-state index is 11.6. The number of guanidine groups is 1. The van der Waals surface area contributed by atoms with Crippen LogP contribution in [-0.2, 0) is 10.2 Å². The van der Waals surface area contributed by atoms with E-state index in [0.29, 0.717) is 12.5 Å². The Kier molecular flexibility index (Phi) is 7.43. The van der Waals surface area contributed by atoms with Crippen LogP contribution in [0.3, 0.4) is 0 Å². The van der Waals surface area contributed by atoms with Crippen LogP contribution >= 0.6 is 0 Å². The number of aliphatic imine (C=N–C) groups is 1. The van der Waals surface area contributed by atoms with Gasteiger partial charge in [0.1, 0.15) is 0 Å². The fourth-order valence-corrected chi connectivity index (χ4v) is 2.01. The van der Waals surface area contributed by atoms with E-state index in [1.165, 1.54) is 5.56 Å². The Morgan fingerprint density at radius 3 is 2.41 bits per heavy atom. The van der Waals surface area contributed by atoms with E-state index >= 15 is 0 Å². The number of nitrogens with zero attached hydrogens (tertiary/aromatic N) is 1. The summed E-state index contributed by atoms with van der Waals surface area (Å²) in [5.74, 6) is 0.614. The Hall–Kier alpha value is -2.04. The highest BCUT2D eigenvalue weighted by molar-refractivity contribution is 5.86. The van der Waals surface area contributed by atoms with Crippen molar-refractivity contribution in [2.75, 3.05) is 26.7 Å². The molecule has 1 rings (SSSR count). The zero-order valence-electron chi connectivity index (χ0n) is 14.1. The van der Waals surface area contributed by atoms with Crippen molar-refractivity contribution in [3.63, 3.8) is 0 Å². The van der Waals surface area contributed by atoms with E-state index in [0.717, 1.165) is 13.0 Å². The Morgan fingerprint density at radius 2 is 1.82 bits per heavy atom. The molecule has 1 amide bonds. The van der Waals surface area contributed by atoms with Gasteiger partial charge in [-0.25, -0.2) is 0 Å². The lowest BCUT2D eigenvalue weighted by molar-refractivity contribution is -0.120. The lowest BCUT2D eigenvalue weighted by Gasteiger charge is -2.26. The van der Waals surface area contributed by atoms with Crippen LogP contribution in [0, 0.1) is 0 Å². The molecule has 0 bridgehead atoms. The van der Waals surface area contributed by atoms with Crippen LogP contribution in [0.15, 0.2) is 35.3 Å². The molecular formula is C17H28N4O. The van der Waals surface area contributed by atoms with Gasteiger partial charge in [-0.05, 0) is 12.0 Å². The van der Waals surface area contributed by atoms with Gasteiger partial charge < -0.3 is 16.0 Å². The number of carbonyl (C=O) groups excluding carboxylic acids is 1. The molecule has 1 aromatic carbocycles. The molecule has 0 spiro atoms. The first-order valence-electron chi connectivity index (χ1n) is 7.76. The van der Waals surface area contributed by atoms with E-state index in [-0.39, 0.29) is 17.9 Å². The van der Waals surface area contributed by atoms with Crippen LogP contribution in [0.5, 0.6) is 0 Å². The van der Waals surface area contributed by atoms with Crippen molar-refractivity contribution < 1.29 is 4.79 Å². The van der Waals surface area contributed by atoms with Crippen LogP contribution in [0.2, 0.25) is 0 Å². The maximum atomic E-state index is 11.6. The highest BCUT2D eigenvalue weighted by Gasteiger charge is 2.20. The maximum Gasteiger partial charge on any atom is 0.239 e. The third-order valence-electron chi connectivity index (χ3n) is 3.47. The Morgan fingerprint density at radius 1 is 1.14 bits per heavy atom. The van der Waals surface area contributed by atoms with Crippen LogP contribution in [0.25, 0.3) is 0 Å². The molecule has 5 heteroatoms. The third kappa shape index (κ3) is 6.16. The second-order valence-electron chi connectivity index (χ2n) is 5.88. The molecule has 3 N–H and O–H groups in total. The predicted octanol–water partition coefficient (Wildman–Crippen LogP) is 1.66. The SMILES string of the molecule is CCCNC(=O)CNC(=NC)NCC(C)(C)c1ccccc1. The van der Waals surface area contributed by atoms with Crippen molar-refractivity contribution in [1.82, 2.24) is 16.0 Å². The topological polar surface area (TPSA) is 65.5 Å². The second-order valence-corrected chi connectivity index (χ2v) is 5.88. The number of benzene rings is 1. The molecule has 0 aliphatic carbocycles. The lowest BCUT2D eigenvalue weighted by Crippen LogP contribution is -2.46. The summed E-state index contributed by atoms with van der Waals surface area (Å²) < 4.78 is 0. The average Bonchev–Trinajstić information content (AvgIpc) is 2.53. The van der Waals surface area contributed by atoms with Crippen LogP contribution in [-0.4, -0.2) is 38.5 Å². The minimum atomic E-state index is -0.0245. The Bertz CT molecular complexity index is 483. The highest BCUT2D eigenvalue weighted by atomic mass is 16.1. The van der Waals surface area contributed by atoms with Gasteiger partial charge >= 0.3 is 0 Å². The van der Waals surface area contributed by atoms with E-state index in [1.54, 1.807) is 7.05 Å². The normalized spacial score (nSPS) is 11.9. The van der Waals surface area contributed by atoms with Crippen LogP contribution < -0.4 is 16.0 Å². The summed E-state index contributed by atoms with van der Waals surface area (Å²) in [6.45, 7) is 8.04. The fourth-order valence-electron chi connectivity index (χ4n) is 2.01. The van der Waals surface area contributed by atoms with Gasteiger partial charge in [-0.2, -0.15) is 0 Å². The zero-order valence-corrected chi connectivity index (χ0v) is 14.1. The first-order chi connectivity index (χ1) is 10.5. The summed E-state index contributed by atoms with van der Waals surface area (Å²) in [4.78, 5) is 15.7. The van der Waals surface area contributed by atoms with Gasteiger partial charge in [0.2, 0.25) is 5.91 Å². The van der Waals surface area contributed by atoms with Crippen LogP contribution in [0.1, 0.15) is 32.8 Å².